The van der Waals surface area contributed by atoms with Gasteiger partial charge < -0.3 is 9.84 Å². The molecule has 1 N–H and O–H groups in total. The highest BCUT2D eigenvalue weighted by atomic mass is 19.1. The second-order valence-corrected chi connectivity index (χ2v) is 5.17. The van der Waals surface area contributed by atoms with E-state index in [4.69, 9.17) is 4.74 Å². The number of halogens is 1. The molecule has 0 amide bonds. The number of pyridine rings is 1. The van der Waals surface area contributed by atoms with E-state index >= 15 is 0 Å². The maximum absolute atomic E-state index is 13.1. The summed E-state index contributed by atoms with van der Waals surface area (Å²) in [5, 5.41) is 9.27. The van der Waals surface area contributed by atoms with Crippen LogP contribution in [0.15, 0.2) is 66.7 Å². The fraction of sp³-hybridized carbons (Fsp3) is 0.0526. The molecule has 0 radical (unpaired) electrons. The van der Waals surface area contributed by atoms with E-state index < -0.39 is 5.97 Å². The Hall–Kier alpha value is -3.21. The van der Waals surface area contributed by atoms with Gasteiger partial charge in [0.1, 0.15) is 12.4 Å². The van der Waals surface area contributed by atoms with Crippen molar-refractivity contribution in [3.05, 3.63) is 83.7 Å². The predicted octanol–water partition coefficient (Wildman–Crippen LogP) is 4.16. The standard InChI is InChI=1S/C19H14FNO3/c20-16-8-6-14(7-9-16)17-10-15(19(22)23)11-18(21-17)24-12-13-4-2-1-3-5-13/h1-11H,12H2,(H,22,23). The summed E-state index contributed by atoms with van der Waals surface area (Å²) < 4.78 is 18.7. The quantitative estimate of drug-likeness (QED) is 0.766. The average Bonchev–Trinajstić information content (AvgIpc) is 2.61. The number of ether oxygens (including phenoxy) is 1. The van der Waals surface area contributed by atoms with Crippen molar-refractivity contribution >= 4 is 5.97 Å². The van der Waals surface area contributed by atoms with Gasteiger partial charge in [0.2, 0.25) is 5.88 Å². The van der Waals surface area contributed by atoms with Gasteiger partial charge in [-0.25, -0.2) is 14.2 Å². The van der Waals surface area contributed by atoms with E-state index in [1.807, 2.05) is 30.3 Å². The Balaban J connectivity index is 1.91. The third-order valence-corrected chi connectivity index (χ3v) is 3.42. The first kappa shape index (κ1) is 15.7. The molecule has 0 aliphatic rings. The second-order valence-electron chi connectivity index (χ2n) is 5.17. The molecule has 3 aromatic rings. The van der Waals surface area contributed by atoms with Gasteiger partial charge in [0, 0.05) is 11.6 Å². The number of carboxylic acid groups (broad SMARTS) is 1. The zero-order chi connectivity index (χ0) is 16.9. The van der Waals surface area contributed by atoms with Gasteiger partial charge in [0.25, 0.3) is 0 Å². The molecule has 0 unspecified atom stereocenters. The van der Waals surface area contributed by atoms with Gasteiger partial charge in [-0.3, -0.25) is 0 Å². The maximum atomic E-state index is 13.1. The van der Waals surface area contributed by atoms with Crippen molar-refractivity contribution in [2.75, 3.05) is 0 Å². The summed E-state index contributed by atoms with van der Waals surface area (Å²) in [7, 11) is 0. The van der Waals surface area contributed by atoms with Crippen LogP contribution in [-0.2, 0) is 6.61 Å². The van der Waals surface area contributed by atoms with E-state index in [2.05, 4.69) is 4.98 Å². The average molecular weight is 323 g/mol. The van der Waals surface area contributed by atoms with Gasteiger partial charge in [0.05, 0.1) is 11.3 Å². The van der Waals surface area contributed by atoms with Gasteiger partial charge in [-0.1, -0.05) is 30.3 Å². The molecule has 2 aromatic carbocycles. The number of aromatic nitrogens is 1. The molecule has 0 aliphatic heterocycles. The van der Waals surface area contributed by atoms with E-state index in [0.29, 0.717) is 11.3 Å². The Bertz CT molecular complexity index is 848. The third kappa shape index (κ3) is 3.76. The van der Waals surface area contributed by atoms with Crippen molar-refractivity contribution < 1.29 is 19.0 Å². The monoisotopic (exact) mass is 323 g/mol. The molecule has 0 fully saturated rings. The zero-order valence-corrected chi connectivity index (χ0v) is 12.6. The van der Waals surface area contributed by atoms with Crippen molar-refractivity contribution in [2.45, 2.75) is 6.61 Å². The van der Waals surface area contributed by atoms with Crippen molar-refractivity contribution in [2.24, 2.45) is 0 Å². The molecule has 0 spiro atoms. The van der Waals surface area contributed by atoms with E-state index in [1.54, 1.807) is 12.1 Å². The minimum Gasteiger partial charge on any atom is -0.478 e. The number of carboxylic acids is 1. The van der Waals surface area contributed by atoms with E-state index in [9.17, 15) is 14.3 Å². The van der Waals surface area contributed by atoms with Crippen molar-refractivity contribution in [3.63, 3.8) is 0 Å². The largest absolute Gasteiger partial charge is 0.478 e. The van der Waals surface area contributed by atoms with Crippen LogP contribution in [0.3, 0.4) is 0 Å². The maximum Gasteiger partial charge on any atom is 0.335 e. The molecule has 24 heavy (non-hydrogen) atoms. The summed E-state index contributed by atoms with van der Waals surface area (Å²) in [5.74, 6) is -1.24. The topological polar surface area (TPSA) is 59.4 Å². The number of nitrogens with zero attached hydrogens (tertiary/aromatic N) is 1. The Kier molecular flexibility index (Phi) is 4.52. The lowest BCUT2D eigenvalue weighted by Gasteiger charge is -2.09. The summed E-state index contributed by atoms with van der Waals surface area (Å²) in [4.78, 5) is 15.6. The van der Waals surface area contributed by atoms with Crippen molar-refractivity contribution in [1.29, 1.82) is 0 Å². The summed E-state index contributed by atoms with van der Waals surface area (Å²) in [5.41, 5.74) is 2.04. The molecular weight excluding hydrogens is 309 g/mol. The van der Waals surface area contributed by atoms with Crippen LogP contribution < -0.4 is 4.74 Å². The molecule has 120 valence electrons. The molecular formula is C19H14FNO3. The van der Waals surface area contributed by atoms with Gasteiger partial charge in [-0.15, -0.1) is 0 Å². The lowest BCUT2D eigenvalue weighted by molar-refractivity contribution is 0.0696. The lowest BCUT2D eigenvalue weighted by Crippen LogP contribution is -2.03. The highest BCUT2D eigenvalue weighted by molar-refractivity contribution is 5.89. The van der Waals surface area contributed by atoms with Crippen LogP contribution in [0.4, 0.5) is 4.39 Å². The van der Waals surface area contributed by atoms with Crippen LogP contribution in [0.2, 0.25) is 0 Å². The number of hydrogen-bond donors (Lipinski definition) is 1. The molecule has 0 atom stereocenters. The second kappa shape index (κ2) is 6.91. The Morgan fingerprint density at radius 3 is 2.42 bits per heavy atom. The molecule has 4 nitrogen and oxygen atoms in total. The fourth-order valence-electron chi connectivity index (χ4n) is 2.20. The summed E-state index contributed by atoms with van der Waals surface area (Å²) in [6, 6.07) is 18.0. The molecule has 5 heteroatoms. The molecule has 0 saturated carbocycles. The summed E-state index contributed by atoms with van der Waals surface area (Å²) in [6.07, 6.45) is 0. The Morgan fingerprint density at radius 1 is 1.04 bits per heavy atom. The Labute approximate surface area is 138 Å². The minimum atomic E-state index is -1.08. The number of aromatic carboxylic acids is 1. The number of carbonyl (C=O) groups is 1. The van der Waals surface area contributed by atoms with Crippen LogP contribution in [0.1, 0.15) is 15.9 Å². The lowest BCUT2D eigenvalue weighted by atomic mass is 10.1. The molecule has 0 aliphatic carbocycles. The van der Waals surface area contributed by atoms with Crippen LogP contribution in [0, 0.1) is 5.82 Å². The normalized spacial score (nSPS) is 10.4. The number of benzene rings is 2. The highest BCUT2D eigenvalue weighted by Gasteiger charge is 2.11. The number of rotatable bonds is 5. The smallest absolute Gasteiger partial charge is 0.335 e. The van der Waals surface area contributed by atoms with Crippen LogP contribution >= 0.6 is 0 Å². The third-order valence-electron chi connectivity index (χ3n) is 3.42. The first-order valence-corrected chi connectivity index (χ1v) is 7.30. The number of hydrogen-bond acceptors (Lipinski definition) is 3. The summed E-state index contributed by atoms with van der Waals surface area (Å²) >= 11 is 0. The van der Waals surface area contributed by atoms with E-state index in [-0.39, 0.29) is 23.9 Å². The van der Waals surface area contributed by atoms with Gasteiger partial charge in [-0.2, -0.15) is 0 Å². The fourth-order valence-corrected chi connectivity index (χ4v) is 2.20. The summed E-state index contributed by atoms with van der Waals surface area (Å²) in [6.45, 7) is 0.278. The zero-order valence-electron chi connectivity index (χ0n) is 12.6. The van der Waals surface area contributed by atoms with Crippen molar-refractivity contribution in [3.8, 4) is 17.1 Å². The molecule has 1 aromatic heterocycles. The van der Waals surface area contributed by atoms with Crippen molar-refractivity contribution in [1.82, 2.24) is 4.98 Å². The molecule has 3 rings (SSSR count). The molecule has 0 saturated heterocycles. The first-order valence-electron chi connectivity index (χ1n) is 7.30. The highest BCUT2D eigenvalue weighted by Crippen LogP contribution is 2.23. The first-order chi connectivity index (χ1) is 11.6. The van der Waals surface area contributed by atoms with Crippen LogP contribution in [0.25, 0.3) is 11.3 Å². The van der Waals surface area contributed by atoms with E-state index in [0.717, 1.165) is 5.56 Å². The van der Waals surface area contributed by atoms with Gasteiger partial charge >= 0.3 is 5.97 Å². The SMILES string of the molecule is O=C(O)c1cc(OCc2ccccc2)nc(-c2ccc(F)cc2)c1. The van der Waals surface area contributed by atoms with Crippen LogP contribution in [0.5, 0.6) is 5.88 Å². The van der Waals surface area contributed by atoms with E-state index in [1.165, 1.54) is 24.3 Å². The predicted molar refractivity (Wildman–Crippen MR) is 87.4 cm³/mol. The van der Waals surface area contributed by atoms with Gasteiger partial charge in [-0.05, 0) is 35.9 Å². The van der Waals surface area contributed by atoms with Gasteiger partial charge in [0.15, 0.2) is 0 Å². The molecule has 0 bridgehead atoms. The molecule has 1 heterocycles. The minimum absolute atomic E-state index is 0.0624. The Morgan fingerprint density at radius 2 is 1.75 bits per heavy atom. The van der Waals surface area contributed by atoms with Crippen LogP contribution in [-0.4, -0.2) is 16.1 Å².